The van der Waals surface area contributed by atoms with E-state index in [9.17, 15) is 5.11 Å². The summed E-state index contributed by atoms with van der Waals surface area (Å²) in [5.74, 6) is 0. The van der Waals surface area contributed by atoms with Gasteiger partial charge in [-0.15, -0.1) is 0 Å². The summed E-state index contributed by atoms with van der Waals surface area (Å²) in [5, 5.41) is 10.5. The first-order valence-corrected chi connectivity index (χ1v) is 7.16. The Morgan fingerprint density at radius 2 is 2.06 bits per heavy atom. The molecule has 1 heterocycles. The average Bonchev–Trinajstić information content (AvgIpc) is 2.39. The van der Waals surface area contributed by atoms with Gasteiger partial charge in [0.1, 0.15) is 0 Å². The summed E-state index contributed by atoms with van der Waals surface area (Å²) < 4.78 is 10.8. The van der Waals surface area contributed by atoms with Crippen molar-refractivity contribution in [2.24, 2.45) is 0 Å². The van der Waals surface area contributed by atoms with Crippen LogP contribution in [0.5, 0.6) is 0 Å². The number of likely N-dealkylation sites (N-methyl/N-ethyl adjacent to an activating group) is 1. The van der Waals surface area contributed by atoms with Crippen LogP contribution in [0.25, 0.3) is 0 Å². The summed E-state index contributed by atoms with van der Waals surface area (Å²) in [6.07, 6.45) is 6.65. The number of hydrogen-bond donors (Lipinski definition) is 1. The van der Waals surface area contributed by atoms with Crippen LogP contribution >= 0.6 is 0 Å². The van der Waals surface area contributed by atoms with Crippen LogP contribution in [0.3, 0.4) is 0 Å². The lowest BCUT2D eigenvalue weighted by Crippen LogP contribution is -2.49. The van der Waals surface area contributed by atoms with Gasteiger partial charge in [0.2, 0.25) is 0 Å². The zero-order chi connectivity index (χ0) is 13.0. The quantitative estimate of drug-likeness (QED) is 0.827. The second-order valence-corrected chi connectivity index (χ2v) is 5.93. The van der Waals surface area contributed by atoms with E-state index in [0.717, 1.165) is 25.8 Å². The summed E-state index contributed by atoms with van der Waals surface area (Å²) in [7, 11) is 3.94. The third-order valence-corrected chi connectivity index (χ3v) is 4.52. The van der Waals surface area contributed by atoms with Crippen LogP contribution in [-0.2, 0) is 9.47 Å². The van der Waals surface area contributed by atoms with E-state index in [0.29, 0.717) is 25.4 Å². The molecule has 0 aromatic rings. The molecule has 2 unspecified atom stereocenters. The molecule has 1 saturated heterocycles. The van der Waals surface area contributed by atoms with Crippen LogP contribution in [0.1, 0.15) is 38.5 Å². The molecule has 0 aromatic heterocycles. The van der Waals surface area contributed by atoms with E-state index in [-0.39, 0.29) is 0 Å². The van der Waals surface area contributed by atoms with E-state index in [1.165, 1.54) is 19.3 Å². The maximum Gasteiger partial charge on any atom is 0.0817 e. The van der Waals surface area contributed by atoms with Gasteiger partial charge in [-0.2, -0.15) is 0 Å². The molecule has 2 fully saturated rings. The smallest absolute Gasteiger partial charge is 0.0817 e. The van der Waals surface area contributed by atoms with Crippen molar-refractivity contribution in [3.63, 3.8) is 0 Å². The van der Waals surface area contributed by atoms with Crippen molar-refractivity contribution in [3.8, 4) is 0 Å². The van der Waals surface area contributed by atoms with E-state index in [1.54, 1.807) is 7.11 Å². The predicted molar refractivity (Wildman–Crippen MR) is 70.7 cm³/mol. The molecule has 4 nitrogen and oxygen atoms in total. The van der Waals surface area contributed by atoms with E-state index < -0.39 is 5.60 Å². The van der Waals surface area contributed by atoms with E-state index in [1.807, 2.05) is 0 Å². The molecule has 18 heavy (non-hydrogen) atoms. The first-order valence-electron chi connectivity index (χ1n) is 7.16. The second kappa shape index (κ2) is 6.33. The summed E-state index contributed by atoms with van der Waals surface area (Å²) in [6.45, 7) is 2.14. The molecule has 4 heteroatoms. The molecule has 106 valence electrons. The Hall–Kier alpha value is -0.160. The zero-order valence-electron chi connectivity index (χ0n) is 11.7. The van der Waals surface area contributed by atoms with E-state index >= 15 is 0 Å². The highest BCUT2D eigenvalue weighted by Crippen LogP contribution is 2.27. The topological polar surface area (TPSA) is 41.9 Å². The van der Waals surface area contributed by atoms with Gasteiger partial charge in [-0.05, 0) is 32.7 Å². The average molecular weight is 257 g/mol. The van der Waals surface area contributed by atoms with Gasteiger partial charge in [-0.1, -0.05) is 0 Å². The predicted octanol–water partition coefficient (Wildman–Crippen LogP) is 1.42. The fourth-order valence-electron chi connectivity index (χ4n) is 3.24. The highest BCUT2D eigenvalue weighted by atomic mass is 16.5. The third kappa shape index (κ3) is 3.67. The number of hydrogen-bond acceptors (Lipinski definition) is 4. The molecule has 0 spiro atoms. The Labute approximate surface area is 110 Å². The van der Waals surface area contributed by atoms with Crippen LogP contribution < -0.4 is 0 Å². The molecule has 1 N–H and O–H groups in total. The maximum absolute atomic E-state index is 10.5. The molecule has 0 amide bonds. The van der Waals surface area contributed by atoms with Gasteiger partial charge in [0.25, 0.3) is 0 Å². The maximum atomic E-state index is 10.5. The first-order chi connectivity index (χ1) is 8.63. The number of ether oxygens (including phenoxy) is 2. The van der Waals surface area contributed by atoms with Crippen LogP contribution in [0, 0.1) is 0 Å². The Morgan fingerprint density at radius 1 is 1.33 bits per heavy atom. The van der Waals surface area contributed by atoms with Gasteiger partial charge in [0.15, 0.2) is 0 Å². The molecular weight excluding hydrogens is 230 g/mol. The van der Waals surface area contributed by atoms with Gasteiger partial charge in [0.05, 0.1) is 11.7 Å². The number of rotatable bonds is 4. The van der Waals surface area contributed by atoms with Gasteiger partial charge in [0, 0.05) is 45.8 Å². The molecular formula is C14H27NO3. The lowest BCUT2D eigenvalue weighted by atomic mass is 9.89. The van der Waals surface area contributed by atoms with Crippen molar-refractivity contribution in [2.45, 2.75) is 56.3 Å². The number of aliphatic hydroxyl groups is 1. The van der Waals surface area contributed by atoms with E-state index in [4.69, 9.17) is 9.47 Å². The van der Waals surface area contributed by atoms with Crippen LogP contribution in [0.4, 0.5) is 0 Å². The molecule has 2 rings (SSSR count). The van der Waals surface area contributed by atoms with Crippen molar-refractivity contribution in [2.75, 3.05) is 33.9 Å². The standard InChI is InChI=1S/C14H27NO3/c1-15(11-14(16)6-8-18-9-7-14)12-4-3-5-13(10-12)17-2/h12-13,16H,3-11H2,1-2H3. The normalized spacial score (nSPS) is 32.7. The van der Waals surface area contributed by atoms with Crippen molar-refractivity contribution in [3.05, 3.63) is 0 Å². The largest absolute Gasteiger partial charge is 0.388 e. The number of nitrogens with zero attached hydrogens (tertiary/aromatic N) is 1. The van der Waals surface area contributed by atoms with Gasteiger partial charge < -0.3 is 19.5 Å². The van der Waals surface area contributed by atoms with Crippen molar-refractivity contribution in [1.82, 2.24) is 4.90 Å². The lowest BCUT2D eigenvalue weighted by molar-refractivity contribution is -0.0861. The summed E-state index contributed by atoms with van der Waals surface area (Å²) in [6, 6.07) is 0.551. The van der Waals surface area contributed by atoms with E-state index in [2.05, 4.69) is 11.9 Å². The minimum absolute atomic E-state index is 0.399. The fourth-order valence-corrected chi connectivity index (χ4v) is 3.24. The molecule has 2 atom stereocenters. The van der Waals surface area contributed by atoms with Crippen molar-refractivity contribution in [1.29, 1.82) is 0 Å². The van der Waals surface area contributed by atoms with Crippen LogP contribution in [-0.4, -0.2) is 61.7 Å². The fraction of sp³-hybridized carbons (Fsp3) is 1.00. The molecule has 1 aliphatic heterocycles. The SMILES string of the molecule is COC1CCCC(N(C)CC2(O)CCOCC2)C1. The number of methoxy groups -OCH3 is 1. The second-order valence-electron chi connectivity index (χ2n) is 5.93. The summed E-state index contributed by atoms with van der Waals surface area (Å²) in [5.41, 5.74) is -0.549. The molecule has 0 radical (unpaired) electrons. The summed E-state index contributed by atoms with van der Waals surface area (Å²) >= 11 is 0. The van der Waals surface area contributed by atoms with Gasteiger partial charge in [-0.25, -0.2) is 0 Å². The van der Waals surface area contributed by atoms with Crippen LogP contribution in [0.15, 0.2) is 0 Å². The molecule has 2 aliphatic rings. The lowest BCUT2D eigenvalue weighted by Gasteiger charge is -2.40. The van der Waals surface area contributed by atoms with Gasteiger partial charge >= 0.3 is 0 Å². The minimum Gasteiger partial charge on any atom is -0.388 e. The Bertz CT molecular complexity index is 253. The van der Waals surface area contributed by atoms with Crippen molar-refractivity contribution >= 4 is 0 Å². The highest BCUT2D eigenvalue weighted by Gasteiger charge is 2.34. The monoisotopic (exact) mass is 257 g/mol. The Morgan fingerprint density at radius 3 is 2.72 bits per heavy atom. The Kier molecular flexibility index (Phi) is 5.01. The molecule has 1 aliphatic carbocycles. The minimum atomic E-state index is -0.549. The first kappa shape index (κ1) is 14.3. The molecule has 0 bridgehead atoms. The van der Waals surface area contributed by atoms with Crippen molar-refractivity contribution < 1.29 is 14.6 Å². The third-order valence-electron chi connectivity index (χ3n) is 4.52. The Balaban J connectivity index is 1.84. The highest BCUT2D eigenvalue weighted by molar-refractivity contribution is 4.88. The van der Waals surface area contributed by atoms with Crippen LogP contribution in [0.2, 0.25) is 0 Å². The van der Waals surface area contributed by atoms with Gasteiger partial charge in [-0.3, -0.25) is 0 Å². The molecule has 1 saturated carbocycles. The summed E-state index contributed by atoms with van der Waals surface area (Å²) in [4.78, 5) is 2.33. The zero-order valence-corrected chi connectivity index (χ0v) is 11.7. The molecule has 0 aromatic carbocycles.